The zero-order valence-corrected chi connectivity index (χ0v) is 14.4. The van der Waals surface area contributed by atoms with Crippen LogP contribution in [0.3, 0.4) is 0 Å². The van der Waals surface area contributed by atoms with E-state index >= 15 is 8.78 Å². The molecule has 0 bridgehead atoms. The fourth-order valence-corrected chi connectivity index (χ4v) is 3.59. The first kappa shape index (κ1) is 16.2. The van der Waals surface area contributed by atoms with Crippen molar-refractivity contribution >= 4 is 33.6 Å². The van der Waals surface area contributed by atoms with E-state index in [2.05, 4.69) is 20.9 Å². The molecule has 130 valence electrons. The van der Waals surface area contributed by atoms with Gasteiger partial charge in [-0.05, 0) is 40.2 Å². The van der Waals surface area contributed by atoms with Crippen molar-refractivity contribution in [3.05, 3.63) is 47.0 Å². The Balaban J connectivity index is 1.61. The largest absolute Gasteiger partial charge is 0.444 e. The lowest BCUT2D eigenvalue weighted by Crippen LogP contribution is -2.47. The minimum Gasteiger partial charge on any atom is -0.444 e. The normalized spacial score (nSPS) is 28.5. The van der Waals surface area contributed by atoms with E-state index in [4.69, 9.17) is 4.42 Å². The maximum atomic E-state index is 15.3. The molecule has 6 nitrogen and oxygen atoms in total. The standard InChI is InChI=1S/C16H12BrF2N3O3/c17-11-5-4-10(25-11)13(23)21-7-15(18)8-22(12-3-1-2-6-20-12)14(24)16(15,19)9-21/h1-6H,7-9H2/t15-,16+/m0/s1. The van der Waals surface area contributed by atoms with Crippen molar-refractivity contribution in [2.24, 2.45) is 0 Å². The number of amides is 2. The number of aromatic nitrogens is 1. The van der Waals surface area contributed by atoms with Crippen LogP contribution in [-0.4, -0.2) is 52.7 Å². The summed E-state index contributed by atoms with van der Waals surface area (Å²) < 4.78 is 36.1. The summed E-state index contributed by atoms with van der Waals surface area (Å²) in [6, 6.07) is 7.69. The molecule has 9 heteroatoms. The van der Waals surface area contributed by atoms with Crippen LogP contribution in [0.15, 0.2) is 45.6 Å². The second kappa shape index (κ2) is 5.35. The SMILES string of the molecule is O=C(c1ccc(Br)o1)N1C[C@]2(F)CN(c3ccccn3)C(=O)[C@]2(F)C1. The Morgan fingerprint density at radius 3 is 2.60 bits per heavy atom. The van der Waals surface area contributed by atoms with Gasteiger partial charge in [0.2, 0.25) is 5.67 Å². The zero-order valence-electron chi connectivity index (χ0n) is 12.8. The number of hydrogen-bond donors (Lipinski definition) is 0. The quantitative estimate of drug-likeness (QED) is 0.760. The molecule has 0 aliphatic carbocycles. The van der Waals surface area contributed by atoms with E-state index in [1.807, 2.05) is 0 Å². The smallest absolute Gasteiger partial charge is 0.289 e. The minimum atomic E-state index is -2.80. The fraction of sp³-hybridized carbons (Fsp3) is 0.312. The average Bonchev–Trinajstić information content (AvgIpc) is 3.20. The number of hydrogen-bond acceptors (Lipinski definition) is 4. The van der Waals surface area contributed by atoms with Crippen LogP contribution < -0.4 is 4.90 Å². The van der Waals surface area contributed by atoms with Crippen LogP contribution in [0, 0.1) is 0 Å². The van der Waals surface area contributed by atoms with Crippen LogP contribution in [-0.2, 0) is 4.79 Å². The predicted molar refractivity (Wildman–Crippen MR) is 86.6 cm³/mol. The van der Waals surface area contributed by atoms with Gasteiger partial charge in [-0.1, -0.05) is 6.07 Å². The summed E-state index contributed by atoms with van der Waals surface area (Å²) in [6.45, 7) is -1.69. The van der Waals surface area contributed by atoms with Gasteiger partial charge in [0.05, 0.1) is 19.6 Å². The number of nitrogens with zero attached hydrogens (tertiary/aromatic N) is 3. The van der Waals surface area contributed by atoms with Gasteiger partial charge in [-0.2, -0.15) is 0 Å². The molecule has 2 aromatic heterocycles. The molecule has 4 rings (SSSR count). The van der Waals surface area contributed by atoms with Crippen molar-refractivity contribution in [3.8, 4) is 0 Å². The molecule has 2 amide bonds. The van der Waals surface area contributed by atoms with Gasteiger partial charge in [-0.3, -0.25) is 14.5 Å². The molecule has 4 heterocycles. The van der Waals surface area contributed by atoms with Crippen LogP contribution in [0.2, 0.25) is 0 Å². The molecule has 0 unspecified atom stereocenters. The summed E-state index contributed by atoms with van der Waals surface area (Å²) in [6.07, 6.45) is 1.44. The summed E-state index contributed by atoms with van der Waals surface area (Å²) in [7, 11) is 0. The predicted octanol–water partition coefficient (Wildman–Crippen LogP) is 2.36. The molecule has 25 heavy (non-hydrogen) atoms. The summed E-state index contributed by atoms with van der Waals surface area (Å²) in [5, 5.41) is 0. The minimum absolute atomic E-state index is 0.0481. The molecule has 0 N–H and O–H groups in total. The molecule has 2 atom stereocenters. The van der Waals surface area contributed by atoms with Gasteiger partial charge in [0, 0.05) is 6.20 Å². The maximum Gasteiger partial charge on any atom is 0.289 e. The molecular formula is C16H12BrF2N3O3. The second-order valence-corrected chi connectivity index (χ2v) is 6.89. The molecule has 2 aromatic rings. The highest BCUT2D eigenvalue weighted by Gasteiger charge is 2.72. The van der Waals surface area contributed by atoms with Crippen molar-refractivity contribution in [3.63, 3.8) is 0 Å². The van der Waals surface area contributed by atoms with E-state index < -0.39 is 42.8 Å². The number of fused-ring (bicyclic) bond motifs is 1. The summed E-state index contributed by atoms with van der Waals surface area (Å²) in [5.74, 6) is -1.55. The van der Waals surface area contributed by atoms with Crippen molar-refractivity contribution in [1.82, 2.24) is 9.88 Å². The third-order valence-electron chi connectivity index (χ3n) is 4.55. The first-order chi connectivity index (χ1) is 11.8. The number of likely N-dealkylation sites (tertiary alicyclic amines) is 1. The molecule has 2 aliphatic heterocycles. The Bertz CT molecular complexity index is 861. The molecule has 2 fully saturated rings. The Labute approximate surface area is 149 Å². The number of halogens is 3. The van der Waals surface area contributed by atoms with E-state index in [0.717, 1.165) is 9.80 Å². The van der Waals surface area contributed by atoms with E-state index in [1.165, 1.54) is 24.4 Å². The van der Waals surface area contributed by atoms with Crippen LogP contribution in [0.25, 0.3) is 0 Å². The van der Waals surface area contributed by atoms with Gasteiger partial charge in [-0.25, -0.2) is 13.8 Å². The third kappa shape index (κ3) is 2.29. The van der Waals surface area contributed by atoms with E-state index in [0.29, 0.717) is 4.67 Å². The van der Waals surface area contributed by atoms with Gasteiger partial charge in [0.25, 0.3) is 11.8 Å². The monoisotopic (exact) mass is 411 g/mol. The number of carbonyl (C=O) groups is 2. The maximum absolute atomic E-state index is 15.3. The summed E-state index contributed by atoms with van der Waals surface area (Å²) in [4.78, 5) is 30.8. The highest BCUT2D eigenvalue weighted by molar-refractivity contribution is 9.10. The lowest BCUT2D eigenvalue weighted by molar-refractivity contribution is -0.130. The highest BCUT2D eigenvalue weighted by atomic mass is 79.9. The van der Waals surface area contributed by atoms with Gasteiger partial charge in [-0.15, -0.1) is 0 Å². The van der Waals surface area contributed by atoms with E-state index in [1.54, 1.807) is 12.1 Å². The average molecular weight is 412 g/mol. The Morgan fingerprint density at radius 2 is 2.00 bits per heavy atom. The van der Waals surface area contributed by atoms with Crippen molar-refractivity contribution in [2.75, 3.05) is 24.5 Å². The highest BCUT2D eigenvalue weighted by Crippen LogP contribution is 2.46. The fourth-order valence-electron chi connectivity index (χ4n) is 3.29. The lowest BCUT2D eigenvalue weighted by atomic mass is 9.93. The summed E-state index contributed by atoms with van der Waals surface area (Å²) in [5.41, 5.74) is -5.30. The van der Waals surface area contributed by atoms with Crippen LogP contribution >= 0.6 is 15.9 Å². The van der Waals surface area contributed by atoms with E-state index in [-0.39, 0.29) is 11.6 Å². The molecule has 2 saturated heterocycles. The number of carbonyl (C=O) groups excluding carboxylic acids is 2. The van der Waals surface area contributed by atoms with Crippen molar-refractivity contribution in [2.45, 2.75) is 11.3 Å². The Hall–Kier alpha value is -2.29. The zero-order chi connectivity index (χ0) is 17.8. The molecular weight excluding hydrogens is 400 g/mol. The number of furan rings is 1. The van der Waals surface area contributed by atoms with E-state index in [9.17, 15) is 9.59 Å². The summed E-state index contributed by atoms with van der Waals surface area (Å²) >= 11 is 3.07. The topological polar surface area (TPSA) is 66.7 Å². The lowest BCUT2D eigenvalue weighted by Gasteiger charge is -2.21. The molecule has 0 saturated carbocycles. The van der Waals surface area contributed by atoms with Crippen LogP contribution in [0.4, 0.5) is 14.6 Å². The molecule has 2 aliphatic rings. The van der Waals surface area contributed by atoms with Crippen molar-refractivity contribution in [1.29, 1.82) is 0 Å². The van der Waals surface area contributed by atoms with Crippen LogP contribution in [0.5, 0.6) is 0 Å². The molecule has 0 spiro atoms. The Morgan fingerprint density at radius 1 is 1.20 bits per heavy atom. The number of pyridine rings is 1. The first-order valence-corrected chi connectivity index (χ1v) is 8.29. The van der Waals surface area contributed by atoms with Gasteiger partial charge < -0.3 is 9.32 Å². The first-order valence-electron chi connectivity index (χ1n) is 7.49. The van der Waals surface area contributed by atoms with Crippen molar-refractivity contribution < 1.29 is 22.8 Å². The van der Waals surface area contributed by atoms with Gasteiger partial charge in [0.15, 0.2) is 16.1 Å². The third-order valence-corrected chi connectivity index (χ3v) is 4.98. The number of rotatable bonds is 2. The molecule has 0 radical (unpaired) electrons. The second-order valence-electron chi connectivity index (χ2n) is 6.11. The molecule has 0 aromatic carbocycles. The number of alkyl halides is 2. The van der Waals surface area contributed by atoms with Gasteiger partial charge >= 0.3 is 0 Å². The number of anilines is 1. The van der Waals surface area contributed by atoms with Crippen LogP contribution in [0.1, 0.15) is 10.6 Å². The van der Waals surface area contributed by atoms with Gasteiger partial charge in [0.1, 0.15) is 5.82 Å². The Kier molecular flexibility index (Phi) is 3.47.